The first-order chi connectivity index (χ1) is 5.79. The average Bonchev–Trinajstić information content (AvgIpc) is 2.07. The van der Waals surface area contributed by atoms with Crippen LogP contribution in [-0.2, 0) is 4.79 Å². The molecule has 58 valence electrons. The fourth-order valence-corrected chi connectivity index (χ4v) is 1.19. The zero-order valence-electron chi connectivity index (χ0n) is 6.23. The van der Waals surface area contributed by atoms with Gasteiger partial charge >= 0.3 is 0 Å². The van der Waals surface area contributed by atoms with Crippen LogP contribution in [0, 0.1) is 4.91 Å². The summed E-state index contributed by atoms with van der Waals surface area (Å²) >= 11 is 0. The van der Waals surface area contributed by atoms with E-state index in [4.69, 9.17) is 0 Å². The third-order valence-electron chi connectivity index (χ3n) is 1.76. The molecule has 0 amide bonds. The number of hydrogen-bond donors (Lipinski definition) is 0. The molecule has 0 aromatic rings. The highest BCUT2D eigenvalue weighted by Crippen LogP contribution is 2.20. The zero-order chi connectivity index (χ0) is 8.55. The van der Waals surface area contributed by atoms with Crippen LogP contribution in [0.2, 0.25) is 0 Å². The Hall–Kier alpha value is -1.77. The van der Waals surface area contributed by atoms with Gasteiger partial charge < -0.3 is 0 Å². The Bertz CT molecular complexity index is 345. The van der Waals surface area contributed by atoms with Gasteiger partial charge in [-0.1, -0.05) is 6.08 Å². The van der Waals surface area contributed by atoms with Gasteiger partial charge in [0.15, 0.2) is 5.78 Å². The van der Waals surface area contributed by atoms with Crippen molar-refractivity contribution in [3.63, 3.8) is 0 Å². The van der Waals surface area contributed by atoms with Crippen LogP contribution >= 0.6 is 0 Å². The highest BCUT2D eigenvalue weighted by molar-refractivity contribution is 6.08. The molecule has 0 saturated heterocycles. The molecule has 3 nitrogen and oxygen atoms in total. The molecule has 2 rings (SSSR count). The molecule has 0 fully saturated rings. The number of rotatable bonds is 0. The molecule has 12 heavy (non-hydrogen) atoms. The lowest BCUT2D eigenvalue weighted by Crippen LogP contribution is -2.14. The summed E-state index contributed by atoms with van der Waals surface area (Å²) in [4.78, 5) is 22.3. The van der Waals surface area contributed by atoms with Gasteiger partial charge in [0.05, 0.1) is 10.3 Å². The number of carbonyl (C=O) groups excluding carboxylic acids is 1. The summed E-state index contributed by atoms with van der Waals surface area (Å²) in [6.07, 6.45) is 9.25. The molecule has 1 heterocycles. The van der Waals surface area contributed by atoms with Crippen LogP contribution in [0.1, 0.15) is 0 Å². The van der Waals surface area contributed by atoms with Crippen LogP contribution in [0.4, 0.5) is 0 Å². The highest BCUT2D eigenvalue weighted by atomic mass is 16.3. The van der Waals surface area contributed by atoms with Crippen LogP contribution in [0.15, 0.2) is 47.9 Å². The van der Waals surface area contributed by atoms with E-state index in [1.165, 1.54) is 12.3 Å². The number of ketones is 1. The Kier molecular flexibility index (Phi) is 1.37. The lowest BCUT2D eigenvalue weighted by molar-refractivity contribution is -0.420. The van der Waals surface area contributed by atoms with Crippen LogP contribution in [0.5, 0.6) is 0 Å². The zero-order valence-corrected chi connectivity index (χ0v) is 6.23. The summed E-state index contributed by atoms with van der Waals surface area (Å²) in [6.45, 7) is 0. The lowest BCUT2D eigenvalue weighted by atomic mass is 10.0. The molecule has 0 N–H and O–H groups in total. The van der Waals surface area contributed by atoms with E-state index >= 15 is 0 Å². The Morgan fingerprint density at radius 3 is 2.75 bits per heavy atom. The van der Waals surface area contributed by atoms with Crippen molar-refractivity contribution in [3.8, 4) is 0 Å². The fourth-order valence-electron chi connectivity index (χ4n) is 1.19. The number of allylic oxidation sites excluding steroid dienone is 6. The van der Waals surface area contributed by atoms with Crippen molar-refractivity contribution in [2.75, 3.05) is 0 Å². The van der Waals surface area contributed by atoms with Crippen molar-refractivity contribution in [1.82, 2.24) is 0 Å². The van der Waals surface area contributed by atoms with Crippen LogP contribution in [0.3, 0.4) is 0 Å². The van der Waals surface area contributed by atoms with Crippen molar-refractivity contribution in [2.45, 2.75) is 0 Å². The maximum atomic E-state index is 11.2. The average molecular weight is 160 g/mol. The molecule has 0 radical (unpaired) electrons. The summed E-state index contributed by atoms with van der Waals surface area (Å²) in [5.41, 5.74) is 0.889. The predicted molar refractivity (Wildman–Crippen MR) is 43.1 cm³/mol. The normalized spacial score (nSPS) is 20.3. The molecule has 0 atom stereocenters. The number of nitroso groups, excluding NO2 is 1. The van der Waals surface area contributed by atoms with Gasteiger partial charge in [-0.25, -0.2) is 0 Å². The smallest absolute Gasteiger partial charge is 0.273 e. The maximum Gasteiger partial charge on any atom is 0.273 e. The Morgan fingerprint density at radius 1 is 1.17 bits per heavy atom. The largest absolute Gasteiger partial charge is 0.289 e. The third kappa shape index (κ3) is 0.871. The van der Waals surface area contributed by atoms with E-state index in [0.717, 1.165) is 0 Å². The number of fused-ring (bicyclic) bond motifs is 1. The minimum absolute atomic E-state index is 0.113. The Morgan fingerprint density at radius 2 is 2.00 bits per heavy atom. The first-order valence-corrected chi connectivity index (χ1v) is 3.57. The Labute approximate surface area is 69.0 Å². The van der Waals surface area contributed by atoms with Gasteiger partial charge in [0.1, 0.15) is 0 Å². The molecule has 0 aromatic carbocycles. The van der Waals surface area contributed by atoms with E-state index in [1.807, 2.05) is 0 Å². The quantitative estimate of drug-likeness (QED) is 0.500. The second-order valence-corrected chi connectivity index (χ2v) is 2.52. The van der Waals surface area contributed by atoms with Gasteiger partial charge in [0.25, 0.3) is 5.70 Å². The minimum atomic E-state index is -0.113. The maximum absolute atomic E-state index is 11.2. The van der Waals surface area contributed by atoms with E-state index in [0.29, 0.717) is 16.0 Å². The van der Waals surface area contributed by atoms with Gasteiger partial charge in [-0.2, -0.15) is 0 Å². The summed E-state index contributed by atoms with van der Waals surface area (Å²) in [5, 5.41) is 0. The molecule has 2 aliphatic rings. The molecule has 1 aliphatic heterocycles. The predicted octanol–water partition coefficient (Wildman–Crippen LogP) is 1.24. The molecule has 0 saturated carbocycles. The van der Waals surface area contributed by atoms with Gasteiger partial charge in [0, 0.05) is 17.1 Å². The highest BCUT2D eigenvalue weighted by Gasteiger charge is 2.28. The minimum Gasteiger partial charge on any atom is -0.289 e. The van der Waals surface area contributed by atoms with Gasteiger partial charge in [-0.3, -0.25) is 4.79 Å². The van der Waals surface area contributed by atoms with Crippen molar-refractivity contribution < 1.29 is 9.55 Å². The monoisotopic (exact) mass is 160 g/mol. The van der Waals surface area contributed by atoms with Gasteiger partial charge in [0.2, 0.25) is 6.20 Å². The molecular weight excluding hydrogens is 154 g/mol. The van der Waals surface area contributed by atoms with Crippen LogP contribution in [-0.4, -0.2) is 10.5 Å². The standard InChI is InChI=1S/C9H6NO2/c11-9-5-1-4-8-7(9)3-2-6-10(8)12/h1-6H/q+1. The molecule has 0 bridgehead atoms. The molecule has 3 heteroatoms. The first kappa shape index (κ1) is 6.91. The summed E-state index contributed by atoms with van der Waals surface area (Å²) in [7, 11) is 0. The number of carbonyl (C=O) groups is 1. The first-order valence-electron chi connectivity index (χ1n) is 3.57. The van der Waals surface area contributed by atoms with Crippen molar-refractivity contribution in [2.24, 2.45) is 0 Å². The summed E-state index contributed by atoms with van der Waals surface area (Å²) in [5.74, 6) is -0.113. The van der Waals surface area contributed by atoms with Gasteiger partial charge in [-0.05, 0) is 12.2 Å². The van der Waals surface area contributed by atoms with E-state index in [-0.39, 0.29) is 5.78 Å². The lowest BCUT2D eigenvalue weighted by Gasteiger charge is -2.04. The van der Waals surface area contributed by atoms with Gasteiger partial charge in [-0.15, -0.1) is 0 Å². The van der Waals surface area contributed by atoms with Crippen LogP contribution in [0.25, 0.3) is 0 Å². The summed E-state index contributed by atoms with van der Waals surface area (Å²) in [6, 6.07) is 0. The van der Waals surface area contributed by atoms with E-state index < -0.39 is 0 Å². The topological polar surface area (TPSA) is 37.1 Å². The molecule has 0 spiro atoms. The van der Waals surface area contributed by atoms with Crippen molar-refractivity contribution in [1.29, 1.82) is 0 Å². The van der Waals surface area contributed by atoms with E-state index in [2.05, 4.69) is 0 Å². The van der Waals surface area contributed by atoms with Crippen molar-refractivity contribution >= 4 is 5.78 Å². The van der Waals surface area contributed by atoms with E-state index in [1.54, 1.807) is 24.3 Å². The summed E-state index contributed by atoms with van der Waals surface area (Å²) < 4.78 is 0.691. The van der Waals surface area contributed by atoms with Crippen molar-refractivity contribution in [3.05, 3.63) is 52.8 Å². The second-order valence-electron chi connectivity index (χ2n) is 2.52. The molecule has 0 aromatic heterocycles. The molecule has 1 aliphatic carbocycles. The third-order valence-corrected chi connectivity index (χ3v) is 1.76. The van der Waals surface area contributed by atoms with Crippen LogP contribution < -0.4 is 0 Å². The SMILES string of the molecule is O=C1C=CC=C2C1=CC=C[N+]2=O. The second kappa shape index (κ2) is 2.37. The fraction of sp³-hybridized carbons (Fsp3) is 0. The Balaban J connectivity index is 2.57. The molecular formula is C9H6NO2+. The van der Waals surface area contributed by atoms with E-state index in [9.17, 15) is 9.70 Å². The molecule has 0 unspecified atom stereocenters. The number of nitrogens with zero attached hydrogens (tertiary/aromatic N) is 1. The number of hydrogen-bond acceptors (Lipinski definition) is 2.